The van der Waals surface area contributed by atoms with Crippen molar-refractivity contribution in [1.29, 1.82) is 0 Å². The first-order chi connectivity index (χ1) is 15.1. The Balaban J connectivity index is 1.47. The van der Waals surface area contributed by atoms with Gasteiger partial charge < -0.3 is 10.6 Å². The average molecular weight is 417 g/mol. The summed E-state index contributed by atoms with van der Waals surface area (Å²) in [7, 11) is 0. The first kappa shape index (κ1) is 18.8. The van der Waals surface area contributed by atoms with E-state index in [9.17, 15) is 14.4 Å². The maximum Gasteiger partial charge on any atom is 0.291 e. The number of carbonyl (C=O) groups excluding carboxylic acids is 3. The van der Waals surface area contributed by atoms with Gasteiger partial charge in [0.05, 0.1) is 5.69 Å². The van der Waals surface area contributed by atoms with Gasteiger partial charge in [0, 0.05) is 18.0 Å². The predicted octanol–water partition coefficient (Wildman–Crippen LogP) is 1.57. The van der Waals surface area contributed by atoms with Gasteiger partial charge >= 0.3 is 0 Å². The van der Waals surface area contributed by atoms with Crippen molar-refractivity contribution in [3.8, 4) is 0 Å². The first-order valence-electron chi connectivity index (χ1n) is 11.3. The van der Waals surface area contributed by atoms with Gasteiger partial charge in [-0.3, -0.25) is 19.3 Å². The van der Waals surface area contributed by atoms with Crippen LogP contribution in [0.4, 0.5) is 5.69 Å². The lowest BCUT2D eigenvalue weighted by atomic mass is 9.76. The second kappa shape index (κ2) is 6.76. The minimum atomic E-state index is -1.07. The van der Waals surface area contributed by atoms with E-state index < -0.39 is 17.4 Å². The molecule has 6 heteroatoms. The number of carbonyl (C=O) groups is 3. The van der Waals surface area contributed by atoms with Crippen LogP contribution in [0, 0.1) is 11.8 Å². The number of nitrogens with two attached hydrogens (primary N) is 1. The van der Waals surface area contributed by atoms with E-state index in [0.717, 1.165) is 42.5 Å². The van der Waals surface area contributed by atoms with Crippen LogP contribution in [0.2, 0.25) is 0 Å². The van der Waals surface area contributed by atoms with Crippen LogP contribution in [0.1, 0.15) is 36.8 Å². The molecule has 158 valence electrons. The van der Waals surface area contributed by atoms with E-state index in [-0.39, 0.29) is 29.8 Å². The Morgan fingerprint density at radius 1 is 0.935 bits per heavy atom. The summed E-state index contributed by atoms with van der Waals surface area (Å²) in [4.78, 5) is 42.5. The molecule has 3 heterocycles. The molecular weight excluding hydrogens is 390 g/mol. The molecule has 1 spiro atoms. The highest BCUT2D eigenvalue weighted by atomic mass is 16.2. The largest absolute Gasteiger partial charge is 0.326 e. The van der Waals surface area contributed by atoms with Crippen LogP contribution in [0.25, 0.3) is 0 Å². The fourth-order valence-electron chi connectivity index (χ4n) is 6.54. The number of quaternary nitrogens is 1. The highest BCUT2D eigenvalue weighted by molar-refractivity contribution is 6.14. The third-order valence-electron chi connectivity index (χ3n) is 7.81. The van der Waals surface area contributed by atoms with Gasteiger partial charge in [0.15, 0.2) is 0 Å². The Hall–Kier alpha value is -2.99. The number of amides is 3. The van der Waals surface area contributed by atoms with E-state index in [4.69, 9.17) is 0 Å². The van der Waals surface area contributed by atoms with Crippen LogP contribution < -0.4 is 10.6 Å². The van der Waals surface area contributed by atoms with E-state index in [1.807, 2.05) is 59.9 Å². The lowest BCUT2D eigenvalue weighted by molar-refractivity contribution is -0.733. The number of para-hydroxylation sites is 1. The fraction of sp³-hybridized carbons (Fsp3) is 0.400. The molecule has 3 N–H and O–H groups in total. The molecule has 2 aromatic carbocycles. The number of benzene rings is 2. The first-order valence-corrected chi connectivity index (χ1v) is 11.3. The van der Waals surface area contributed by atoms with E-state index in [1.165, 1.54) is 0 Å². The Morgan fingerprint density at radius 3 is 2.42 bits per heavy atom. The van der Waals surface area contributed by atoms with Crippen LogP contribution in [0.5, 0.6) is 0 Å². The smallest absolute Gasteiger partial charge is 0.291 e. The Kier molecular flexibility index (Phi) is 4.09. The van der Waals surface area contributed by atoms with Gasteiger partial charge in [0.1, 0.15) is 17.9 Å². The normalized spacial score (nSPS) is 32.1. The standard InChI is InChI=1S/C25H25N3O3/c29-22-20-19(14-15-8-2-1-3-9-15)27-25(17-12-6-7-13-18(17)26-24(25)31)21(20)23(30)28(22)16-10-4-5-11-16/h1-3,6-9,12-13,16,19-21,27H,4-5,10-11,14H2,(H,26,31)/p+1/t19-,20-,21-,25-/m1/s1. The summed E-state index contributed by atoms with van der Waals surface area (Å²) in [5.74, 6) is -1.54. The molecule has 0 radical (unpaired) electrons. The minimum Gasteiger partial charge on any atom is -0.326 e. The van der Waals surface area contributed by atoms with Crippen LogP contribution in [0.3, 0.4) is 0 Å². The minimum absolute atomic E-state index is 0.0141. The molecular formula is C25H26N3O3+. The van der Waals surface area contributed by atoms with Gasteiger partial charge in [-0.1, -0.05) is 61.4 Å². The lowest BCUT2D eigenvalue weighted by Crippen LogP contribution is -2.99. The van der Waals surface area contributed by atoms with Crippen LogP contribution in [-0.4, -0.2) is 34.7 Å². The SMILES string of the molecule is O=C1[C@@H]2[C@@H](Cc3ccccc3)[NH2+][C@@]3(C(=O)Nc4ccccc43)[C@H]2C(=O)N1C1CCCC1. The molecule has 4 atom stereocenters. The molecule has 3 aliphatic heterocycles. The lowest BCUT2D eigenvalue weighted by Gasteiger charge is -2.28. The van der Waals surface area contributed by atoms with Crippen molar-refractivity contribution < 1.29 is 19.7 Å². The maximum absolute atomic E-state index is 13.8. The fourth-order valence-corrected chi connectivity index (χ4v) is 6.54. The third kappa shape index (κ3) is 2.51. The number of likely N-dealkylation sites (tertiary alicyclic amines) is 1. The number of nitrogens with zero attached hydrogens (tertiary/aromatic N) is 1. The maximum atomic E-state index is 13.8. The van der Waals surface area contributed by atoms with Crippen molar-refractivity contribution in [3.05, 3.63) is 65.7 Å². The van der Waals surface area contributed by atoms with Gasteiger partial charge in [-0.2, -0.15) is 0 Å². The van der Waals surface area contributed by atoms with Gasteiger partial charge in [0.25, 0.3) is 5.91 Å². The van der Waals surface area contributed by atoms with Crippen molar-refractivity contribution in [1.82, 2.24) is 4.90 Å². The molecule has 6 rings (SSSR count). The topological polar surface area (TPSA) is 83.1 Å². The summed E-state index contributed by atoms with van der Waals surface area (Å²) in [6.45, 7) is 0. The van der Waals surface area contributed by atoms with E-state index in [2.05, 4.69) is 5.32 Å². The monoisotopic (exact) mass is 416 g/mol. The molecule has 1 aliphatic carbocycles. The average Bonchev–Trinajstić information content (AvgIpc) is 3.52. The van der Waals surface area contributed by atoms with Crippen molar-refractivity contribution in [2.75, 3.05) is 5.32 Å². The number of anilines is 1. The molecule has 1 saturated carbocycles. The molecule has 3 fully saturated rings. The van der Waals surface area contributed by atoms with Gasteiger partial charge in [-0.15, -0.1) is 0 Å². The van der Waals surface area contributed by atoms with Crippen molar-refractivity contribution >= 4 is 23.4 Å². The van der Waals surface area contributed by atoms with Gasteiger partial charge in [-0.25, -0.2) is 0 Å². The molecule has 6 nitrogen and oxygen atoms in total. The summed E-state index contributed by atoms with van der Waals surface area (Å²) in [5.41, 5.74) is 1.63. The van der Waals surface area contributed by atoms with Crippen LogP contribution >= 0.6 is 0 Å². The van der Waals surface area contributed by atoms with Crippen molar-refractivity contribution in [2.24, 2.45) is 11.8 Å². The molecule has 0 bridgehead atoms. The third-order valence-corrected chi connectivity index (χ3v) is 7.81. The van der Waals surface area contributed by atoms with Crippen LogP contribution in [0.15, 0.2) is 54.6 Å². The number of fused-ring (bicyclic) bond motifs is 4. The van der Waals surface area contributed by atoms with Gasteiger partial charge in [0.2, 0.25) is 17.4 Å². The number of rotatable bonds is 3. The second-order valence-corrected chi connectivity index (χ2v) is 9.38. The zero-order chi connectivity index (χ0) is 21.2. The number of nitrogens with one attached hydrogen (secondary N) is 1. The zero-order valence-corrected chi connectivity index (χ0v) is 17.3. The molecule has 2 saturated heterocycles. The highest BCUT2D eigenvalue weighted by Crippen LogP contribution is 2.50. The highest BCUT2D eigenvalue weighted by Gasteiger charge is 2.74. The van der Waals surface area contributed by atoms with Gasteiger partial charge in [-0.05, 0) is 24.5 Å². The van der Waals surface area contributed by atoms with E-state index in [0.29, 0.717) is 6.42 Å². The zero-order valence-electron chi connectivity index (χ0n) is 17.3. The molecule has 4 aliphatic rings. The molecule has 0 aromatic heterocycles. The van der Waals surface area contributed by atoms with E-state index in [1.54, 1.807) is 4.90 Å². The summed E-state index contributed by atoms with van der Waals surface area (Å²) < 4.78 is 0. The van der Waals surface area contributed by atoms with Crippen molar-refractivity contribution in [2.45, 2.75) is 49.7 Å². The number of hydrogen-bond acceptors (Lipinski definition) is 3. The summed E-state index contributed by atoms with van der Waals surface area (Å²) >= 11 is 0. The molecule has 31 heavy (non-hydrogen) atoms. The van der Waals surface area contributed by atoms with Crippen LogP contribution in [-0.2, 0) is 26.3 Å². The summed E-state index contributed by atoms with van der Waals surface area (Å²) in [6.07, 6.45) is 4.49. The number of hydrogen-bond donors (Lipinski definition) is 2. The Morgan fingerprint density at radius 2 is 1.65 bits per heavy atom. The molecule has 0 unspecified atom stereocenters. The molecule has 3 amide bonds. The van der Waals surface area contributed by atoms with E-state index >= 15 is 0 Å². The summed E-state index contributed by atoms with van der Waals surface area (Å²) in [6, 6.07) is 17.5. The quantitative estimate of drug-likeness (QED) is 0.745. The molecule has 2 aromatic rings. The second-order valence-electron chi connectivity index (χ2n) is 9.38. The van der Waals surface area contributed by atoms with Crippen molar-refractivity contribution in [3.63, 3.8) is 0 Å². The number of imide groups is 1. The summed E-state index contributed by atoms with van der Waals surface area (Å²) in [5, 5.41) is 5.02. The Labute approximate surface area is 181 Å². The predicted molar refractivity (Wildman–Crippen MR) is 114 cm³/mol. The Bertz CT molecular complexity index is 1080.